The van der Waals surface area contributed by atoms with Crippen LogP contribution in [0.4, 0.5) is 0 Å². The number of nitrogens with two attached hydrogens (primary N) is 1. The van der Waals surface area contributed by atoms with Gasteiger partial charge in [-0.15, -0.1) is 0 Å². The fourth-order valence-corrected chi connectivity index (χ4v) is 4.00. The van der Waals surface area contributed by atoms with Crippen molar-refractivity contribution in [3.05, 3.63) is 0 Å². The average molecular weight is 252 g/mol. The van der Waals surface area contributed by atoms with Crippen molar-refractivity contribution in [3.63, 3.8) is 0 Å². The molecule has 2 N–H and O–H groups in total. The Hall–Kier alpha value is -0.0800. The van der Waals surface area contributed by atoms with Crippen molar-refractivity contribution >= 4 is 0 Å². The van der Waals surface area contributed by atoms with Crippen LogP contribution in [0.5, 0.6) is 0 Å². The summed E-state index contributed by atoms with van der Waals surface area (Å²) in [4.78, 5) is 2.69. The van der Waals surface area contributed by atoms with E-state index in [1.165, 1.54) is 58.2 Å². The molecule has 0 aromatic rings. The lowest BCUT2D eigenvalue weighted by atomic mass is 9.76. The molecule has 1 aliphatic heterocycles. The second-order valence-electron chi connectivity index (χ2n) is 7.51. The summed E-state index contributed by atoms with van der Waals surface area (Å²) in [5, 5.41) is 0. The van der Waals surface area contributed by atoms with Crippen LogP contribution in [0, 0.1) is 17.3 Å². The van der Waals surface area contributed by atoms with Gasteiger partial charge in [-0.1, -0.05) is 27.2 Å². The zero-order valence-corrected chi connectivity index (χ0v) is 12.6. The first kappa shape index (κ1) is 14.3. The molecule has 18 heavy (non-hydrogen) atoms. The van der Waals surface area contributed by atoms with E-state index in [9.17, 15) is 0 Å². The van der Waals surface area contributed by atoms with E-state index >= 15 is 0 Å². The second-order valence-corrected chi connectivity index (χ2v) is 7.51. The van der Waals surface area contributed by atoms with Crippen molar-refractivity contribution in [2.75, 3.05) is 19.6 Å². The third kappa shape index (κ3) is 3.71. The van der Waals surface area contributed by atoms with Crippen molar-refractivity contribution in [1.29, 1.82) is 0 Å². The van der Waals surface area contributed by atoms with Crippen LogP contribution in [0.1, 0.15) is 59.3 Å². The van der Waals surface area contributed by atoms with Crippen LogP contribution < -0.4 is 5.73 Å². The van der Waals surface area contributed by atoms with Gasteiger partial charge < -0.3 is 10.6 Å². The van der Waals surface area contributed by atoms with E-state index in [1.807, 2.05) is 0 Å². The molecule has 0 aromatic heterocycles. The Bertz CT molecular complexity index is 262. The normalized spacial score (nSPS) is 37.7. The lowest BCUT2D eigenvalue weighted by molar-refractivity contribution is 0.0805. The van der Waals surface area contributed by atoms with E-state index in [0.29, 0.717) is 11.5 Å². The van der Waals surface area contributed by atoms with E-state index in [1.54, 1.807) is 0 Å². The number of hydrogen-bond donors (Lipinski definition) is 1. The Morgan fingerprint density at radius 2 is 2.06 bits per heavy atom. The molecule has 0 bridgehead atoms. The average Bonchev–Trinajstić information content (AvgIpc) is 2.31. The summed E-state index contributed by atoms with van der Waals surface area (Å²) in [5.41, 5.74) is 6.87. The predicted octanol–water partition coefficient (Wildman–Crippen LogP) is 3.26. The highest BCUT2D eigenvalue weighted by Crippen LogP contribution is 2.33. The zero-order valence-electron chi connectivity index (χ0n) is 12.6. The SMILES string of the molecule is CCC1CCC(N)C(CN2CCCC(C)(C)C2)C1. The van der Waals surface area contributed by atoms with E-state index in [2.05, 4.69) is 25.7 Å². The standard InChI is InChI=1S/C16H32N2/c1-4-13-6-7-15(17)14(10-13)11-18-9-5-8-16(2,3)12-18/h13-15H,4-12,17H2,1-3H3. The molecule has 1 heterocycles. The summed E-state index contributed by atoms with van der Waals surface area (Å²) in [7, 11) is 0. The summed E-state index contributed by atoms with van der Waals surface area (Å²) < 4.78 is 0. The summed E-state index contributed by atoms with van der Waals surface area (Å²) in [6.07, 6.45) is 8.08. The Morgan fingerprint density at radius 3 is 2.72 bits per heavy atom. The van der Waals surface area contributed by atoms with Gasteiger partial charge in [-0.3, -0.25) is 0 Å². The number of likely N-dealkylation sites (tertiary alicyclic amines) is 1. The van der Waals surface area contributed by atoms with Gasteiger partial charge in [0.25, 0.3) is 0 Å². The van der Waals surface area contributed by atoms with Crippen molar-refractivity contribution in [2.24, 2.45) is 23.0 Å². The van der Waals surface area contributed by atoms with Gasteiger partial charge in [0.1, 0.15) is 0 Å². The monoisotopic (exact) mass is 252 g/mol. The minimum Gasteiger partial charge on any atom is -0.327 e. The second kappa shape index (κ2) is 5.92. The third-order valence-electron chi connectivity index (χ3n) is 5.20. The van der Waals surface area contributed by atoms with Crippen LogP contribution in [-0.2, 0) is 0 Å². The highest BCUT2D eigenvalue weighted by Gasteiger charge is 2.32. The van der Waals surface area contributed by atoms with Gasteiger partial charge in [0.05, 0.1) is 0 Å². The van der Waals surface area contributed by atoms with E-state index in [0.717, 1.165) is 11.8 Å². The van der Waals surface area contributed by atoms with Crippen LogP contribution in [0.3, 0.4) is 0 Å². The van der Waals surface area contributed by atoms with Gasteiger partial charge in [-0.25, -0.2) is 0 Å². The van der Waals surface area contributed by atoms with Crippen LogP contribution >= 0.6 is 0 Å². The van der Waals surface area contributed by atoms with Gasteiger partial charge in [0.15, 0.2) is 0 Å². The first-order chi connectivity index (χ1) is 8.50. The predicted molar refractivity (Wildman–Crippen MR) is 78.6 cm³/mol. The fraction of sp³-hybridized carbons (Fsp3) is 1.00. The van der Waals surface area contributed by atoms with E-state index in [4.69, 9.17) is 5.73 Å². The smallest absolute Gasteiger partial charge is 0.00795 e. The molecule has 1 saturated carbocycles. The number of hydrogen-bond acceptors (Lipinski definition) is 2. The van der Waals surface area contributed by atoms with Gasteiger partial charge in [0.2, 0.25) is 0 Å². The highest BCUT2D eigenvalue weighted by atomic mass is 15.1. The number of rotatable bonds is 3. The van der Waals surface area contributed by atoms with Gasteiger partial charge in [-0.2, -0.15) is 0 Å². The maximum absolute atomic E-state index is 6.35. The van der Waals surface area contributed by atoms with Crippen molar-refractivity contribution in [1.82, 2.24) is 4.90 Å². The summed E-state index contributed by atoms with van der Waals surface area (Å²) in [6, 6.07) is 0.456. The Labute approximate surface area is 113 Å². The van der Waals surface area contributed by atoms with Crippen molar-refractivity contribution < 1.29 is 0 Å². The van der Waals surface area contributed by atoms with Crippen LogP contribution in [0.25, 0.3) is 0 Å². The molecule has 3 unspecified atom stereocenters. The van der Waals surface area contributed by atoms with Crippen LogP contribution in [0.15, 0.2) is 0 Å². The Morgan fingerprint density at radius 1 is 1.28 bits per heavy atom. The molecule has 1 saturated heterocycles. The van der Waals surface area contributed by atoms with Crippen molar-refractivity contribution in [2.45, 2.75) is 65.3 Å². The molecule has 3 atom stereocenters. The largest absolute Gasteiger partial charge is 0.327 e. The summed E-state index contributed by atoms with van der Waals surface area (Å²) in [5.74, 6) is 1.69. The lowest BCUT2D eigenvalue weighted by Crippen LogP contribution is -2.47. The maximum atomic E-state index is 6.35. The first-order valence-corrected chi connectivity index (χ1v) is 7.98. The molecule has 2 fully saturated rings. The Kier molecular flexibility index (Phi) is 4.71. The molecule has 2 aliphatic rings. The van der Waals surface area contributed by atoms with Crippen LogP contribution in [-0.4, -0.2) is 30.6 Å². The topological polar surface area (TPSA) is 29.3 Å². The molecule has 2 heteroatoms. The zero-order chi connectivity index (χ0) is 13.2. The van der Waals surface area contributed by atoms with E-state index < -0.39 is 0 Å². The molecule has 0 spiro atoms. The molecule has 106 valence electrons. The molecule has 2 rings (SSSR count). The van der Waals surface area contributed by atoms with Gasteiger partial charge in [0, 0.05) is 19.1 Å². The quantitative estimate of drug-likeness (QED) is 0.835. The summed E-state index contributed by atoms with van der Waals surface area (Å²) >= 11 is 0. The molecule has 0 aromatic carbocycles. The third-order valence-corrected chi connectivity index (χ3v) is 5.20. The molecule has 2 nitrogen and oxygen atoms in total. The maximum Gasteiger partial charge on any atom is 0.00795 e. The number of nitrogens with zero attached hydrogens (tertiary/aromatic N) is 1. The molecular formula is C16H32N2. The molecule has 0 radical (unpaired) electrons. The number of piperidine rings is 1. The lowest BCUT2D eigenvalue weighted by Gasteiger charge is -2.42. The van der Waals surface area contributed by atoms with E-state index in [-0.39, 0.29) is 0 Å². The highest BCUT2D eigenvalue weighted by molar-refractivity contribution is 4.87. The van der Waals surface area contributed by atoms with Crippen LogP contribution in [0.2, 0.25) is 0 Å². The molecular weight excluding hydrogens is 220 g/mol. The van der Waals surface area contributed by atoms with Crippen molar-refractivity contribution in [3.8, 4) is 0 Å². The summed E-state index contributed by atoms with van der Waals surface area (Å²) in [6.45, 7) is 11.0. The molecule has 0 amide bonds. The van der Waals surface area contributed by atoms with Gasteiger partial charge in [-0.05, 0) is 55.9 Å². The Balaban J connectivity index is 1.87. The molecule has 1 aliphatic carbocycles. The first-order valence-electron chi connectivity index (χ1n) is 7.98. The minimum atomic E-state index is 0.456. The van der Waals surface area contributed by atoms with Gasteiger partial charge >= 0.3 is 0 Å². The fourth-order valence-electron chi connectivity index (χ4n) is 4.00. The minimum absolute atomic E-state index is 0.456.